The van der Waals surface area contributed by atoms with E-state index < -0.39 is 56.6 Å². The van der Waals surface area contributed by atoms with Gasteiger partial charge in [0.25, 0.3) is 0 Å². The molecule has 0 amide bonds. The monoisotopic (exact) mass is 351 g/mol. The molecule has 1 aromatic carbocycles. The van der Waals surface area contributed by atoms with Crippen LogP contribution in [-0.4, -0.2) is 59.6 Å². The van der Waals surface area contributed by atoms with Crippen molar-refractivity contribution >= 4 is 9.84 Å². The fraction of sp³-hybridized carbons (Fsp3) is 0.455. The van der Waals surface area contributed by atoms with E-state index in [1.165, 1.54) is 0 Å². The maximum absolute atomic E-state index is 12.7. The summed E-state index contributed by atoms with van der Waals surface area (Å²) >= 11 is 0. The van der Waals surface area contributed by atoms with Gasteiger partial charge in [-0.25, -0.2) is 12.8 Å². The van der Waals surface area contributed by atoms with E-state index >= 15 is 0 Å². The summed E-state index contributed by atoms with van der Waals surface area (Å²) in [4.78, 5) is 8.84. The number of benzene rings is 1. The van der Waals surface area contributed by atoms with Gasteiger partial charge in [0.15, 0.2) is 23.1 Å². The predicted octanol–water partition coefficient (Wildman–Crippen LogP) is -0.480. The number of hydrogen-bond donors (Lipinski definition) is 2. The van der Waals surface area contributed by atoms with Gasteiger partial charge in [-0.3, -0.25) is 10.1 Å². The number of hydroxylamine groups is 1. The van der Waals surface area contributed by atoms with E-state index in [0.29, 0.717) is 0 Å². The number of nitro groups is 1. The van der Waals surface area contributed by atoms with Crippen molar-refractivity contribution in [3.63, 3.8) is 0 Å². The second-order valence-corrected chi connectivity index (χ2v) is 6.58. The molecule has 0 aliphatic rings. The van der Waals surface area contributed by atoms with Crippen LogP contribution in [0.5, 0.6) is 0 Å². The maximum atomic E-state index is 12.7. The molecule has 0 radical (unpaired) electrons. The third kappa shape index (κ3) is 4.18. The third-order valence-electron chi connectivity index (χ3n) is 2.96. The third-order valence-corrected chi connectivity index (χ3v) is 4.67. The lowest BCUT2D eigenvalue weighted by molar-refractivity contribution is -0.818. The first-order valence-corrected chi connectivity index (χ1v) is 7.84. The van der Waals surface area contributed by atoms with Crippen LogP contribution in [0.15, 0.2) is 34.3 Å². The zero-order valence-corrected chi connectivity index (χ0v) is 12.5. The van der Waals surface area contributed by atoms with Gasteiger partial charge in [-0.1, -0.05) is 0 Å². The Morgan fingerprint density at radius 3 is 2.13 bits per heavy atom. The van der Waals surface area contributed by atoms with Gasteiger partial charge in [0.1, 0.15) is 17.3 Å². The highest BCUT2D eigenvalue weighted by Gasteiger charge is 2.53. The molecule has 0 saturated carbocycles. The molecule has 128 valence electrons. The Hall–Kier alpha value is -2.18. The molecule has 0 aliphatic carbocycles. The SMILES string of the molecule is O=[N+]([O-])C(CO)(CO)[N+]([O-])=NCCS(=O)(=O)c1ccc(F)cc1. The van der Waals surface area contributed by atoms with E-state index in [9.17, 15) is 28.1 Å². The van der Waals surface area contributed by atoms with Gasteiger partial charge in [0.2, 0.25) is 0 Å². The summed E-state index contributed by atoms with van der Waals surface area (Å²) in [6, 6.07) is 3.95. The van der Waals surface area contributed by atoms with Crippen LogP contribution in [0.3, 0.4) is 0 Å². The maximum Gasteiger partial charge on any atom is 0.483 e. The van der Waals surface area contributed by atoms with Crippen molar-refractivity contribution in [2.24, 2.45) is 5.11 Å². The fourth-order valence-electron chi connectivity index (χ4n) is 1.50. The average molecular weight is 351 g/mol. The number of azo groups is 1. The van der Waals surface area contributed by atoms with Crippen LogP contribution >= 0.6 is 0 Å². The van der Waals surface area contributed by atoms with Crippen molar-refractivity contribution in [2.45, 2.75) is 10.6 Å². The topological polar surface area (TPSA) is 156 Å². The molecular formula is C11H14FN3O7S. The van der Waals surface area contributed by atoms with E-state index in [0.717, 1.165) is 24.3 Å². The normalized spacial score (nSPS) is 13.1. The van der Waals surface area contributed by atoms with Gasteiger partial charge in [0.05, 0.1) is 10.6 Å². The Kier molecular flexibility index (Phi) is 6.06. The number of rotatable bonds is 8. The van der Waals surface area contributed by atoms with E-state index in [1.54, 1.807) is 0 Å². The Labute approximate surface area is 130 Å². The summed E-state index contributed by atoms with van der Waals surface area (Å²) in [6.07, 6.45) is 0. The highest BCUT2D eigenvalue weighted by molar-refractivity contribution is 7.91. The minimum Gasteiger partial charge on any atom is -0.594 e. The van der Waals surface area contributed by atoms with E-state index in [-0.39, 0.29) is 4.90 Å². The number of halogens is 1. The second-order valence-electron chi connectivity index (χ2n) is 4.47. The molecule has 0 aliphatic heterocycles. The Morgan fingerprint density at radius 1 is 1.17 bits per heavy atom. The van der Waals surface area contributed by atoms with Gasteiger partial charge >= 0.3 is 5.66 Å². The summed E-state index contributed by atoms with van der Waals surface area (Å²) in [5.41, 5.74) is -2.78. The van der Waals surface area contributed by atoms with Gasteiger partial charge in [0, 0.05) is 0 Å². The van der Waals surface area contributed by atoms with Crippen molar-refractivity contribution in [2.75, 3.05) is 25.5 Å². The number of aliphatic hydroxyl groups excluding tert-OH is 2. The molecule has 0 bridgehead atoms. The Morgan fingerprint density at radius 2 is 1.70 bits per heavy atom. The minimum atomic E-state index is -3.87. The van der Waals surface area contributed by atoms with Crippen molar-refractivity contribution in [3.05, 3.63) is 45.4 Å². The molecule has 0 unspecified atom stereocenters. The molecule has 12 heteroatoms. The molecule has 0 heterocycles. The van der Waals surface area contributed by atoms with Crippen LogP contribution in [0.25, 0.3) is 0 Å². The van der Waals surface area contributed by atoms with Gasteiger partial charge in [-0.15, -0.1) is 0 Å². The zero-order chi connectivity index (χ0) is 17.7. The van der Waals surface area contributed by atoms with E-state index in [2.05, 4.69) is 5.11 Å². The highest BCUT2D eigenvalue weighted by atomic mass is 32.2. The molecule has 10 nitrogen and oxygen atoms in total. The Balaban J connectivity index is 2.88. The van der Waals surface area contributed by atoms with Gasteiger partial charge in [-0.2, -0.15) is 0 Å². The summed E-state index contributed by atoms with van der Waals surface area (Å²) in [7, 11) is -3.87. The van der Waals surface area contributed by atoms with Crippen LogP contribution in [0.1, 0.15) is 0 Å². The summed E-state index contributed by atoms with van der Waals surface area (Å²) in [6.45, 7) is -3.26. The summed E-state index contributed by atoms with van der Waals surface area (Å²) < 4.78 is 36.6. The van der Waals surface area contributed by atoms with Crippen molar-refractivity contribution in [1.82, 2.24) is 0 Å². The average Bonchev–Trinajstić information content (AvgIpc) is 2.49. The zero-order valence-electron chi connectivity index (χ0n) is 11.7. The second kappa shape index (κ2) is 7.39. The number of hydrogen-bond acceptors (Lipinski definition) is 8. The first kappa shape index (κ1) is 18.9. The summed E-state index contributed by atoms with van der Waals surface area (Å²) in [5.74, 6) is -1.29. The largest absolute Gasteiger partial charge is 0.594 e. The molecule has 0 fully saturated rings. The lowest BCUT2D eigenvalue weighted by atomic mass is 10.2. The standard InChI is InChI=1S/C11H14FN3O7S/c12-9-1-3-10(4-2-9)23(21,22)6-5-13-14(18)11(7-16,8-17)15(19)20/h1-4,16-17H,5-8H2. The van der Waals surface area contributed by atoms with Crippen LogP contribution in [0.2, 0.25) is 0 Å². The molecule has 0 aromatic heterocycles. The molecule has 2 N–H and O–H groups in total. The van der Waals surface area contributed by atoms with Crippen LogP contribution in [0, 0.1) is 21.1 Å². The van der Waals surface area contributed by atoms with E-state index in [4.69, 9.17) is 10.2 Å². The molecule has 1 aromatic rings. The molecular weight excluding hydrogens is 337 g/mol. The molecule has 0 saturated heterocycles. The Bertz CT molecular complexity index is 686. The summed E-state index contributed by atoms with van der Waals surface area (Å²) in [5, 5.41) is 43.3. The molecule has 0 atom stereocenters. The first-order chi connectivity index (χ1) is 10.7. The van der Waals surface area contributed by atoms with Crippen LogP contribution in [0.4, 0.5) is 4.39 Å². The number of aliphatic hydroxyl groups is 2. The predicted molar refractivity (Wildman–Crippen MR) is 73.3 cm³/mol. The van der Waals surface area contributed by atoms with Crippen molar-refractivity contribution in [3.8, 4) is 0 Å². The number of sulfone groups is 1. The van der Waals surface area contributed by atoms with Gasteiger partial charge < -0.3 is 15.4 Å². The van der Waals surface area contributed by atoms with E-state index in [1.807, 2.05) is 0 Å². The molecule has 23 heavy (non-hydrogen) atoms. The molecule has 0 spiro atoms. The highest BCUT2D eigenvalue weighted by Crippen LogP contribution is 2.13. The van der Waals surface area contributed by atoms with Crippen LogP contribution in [-0.2, 0) is 9.84 Å². The molecule has 1 rings (SSSR count). The lowest BCUT2D eigenvalue weighted by Crippen LogP contribution is -2.53. The number of nitrogens with zero attached hydrogens (tertiary/aromatic N) is 3. The lowest BCUT2D eigenvalue weighted by Gasteiger charge is -2.16. The van der Waals surface area contributed by atoms with Crippen molar-refractivity contribution < 1.29 is 32.8 Å². The first-order valence-electron chi connectivity index (χ1n) is 6.19. The fourth-order valence-corrected chi connectivity index (χ4v) is 2.61. The van der Waals surface area contributed by atoms with Gasteiger partial charge in [-0.05, 0) is 34.2 Å². The van der Waals surface area contributed by atoms with Crippen LogP contribution < -0.4 is 0 Å². The van der Waals surface area contributed by atoms with Crippen molar-refractivity contribution in [1.29, 1.82) is 0 Å². The quantitative estimate of drug-likeness (QED) is 0.160. The minimum absolute atomic E-state index is 0.198. The smallest absolute Gasteiger partial charge is 0.483 e.